The van der Waals surface area contributed by atoms with E-state index in [0.29, 0.717) is 19.3 Å². The summed E-state index contributed by atoms with van der Waals surface area (Å²) in [5, 5.41) is 3.06. The molecule has 0 heterocycles. The summed E-state index contributed by atoms with van der Waals surface area (Å²) in [4.78, 5) is 12.5. The van der Waals surface area contributed by atoms with E-state index >= 15 is 0 Å². The summed E-state index contributed by atoms with van der Waals surface area (Å²) in [7, 11) is -4.56. The van der Waals surface area contributed by atoms with E-state index in [1.54, 1.807) is 13.8 Å². The molecule has 1 amide bonds. The quantitative estimate of drug-likeness (QED) is 0.109. The number of amides is 1. The molecule has 0 aliphatic rings. The van der Waals surface area contributed by atoms with Crippen molar-refractivity contribution in [1.29, 1.82) is 0 Å². The first-order chi connectivity index (χ1) is 16.1. The van der Waals surface area contributed by atoms with Gasteiger partial charge in [0, 0.05) is 18.4 Å². The molecule has 204 valence electrons. The van der Waals surface area contributed by atoms with Crippen molar-refractivity contribution >= 4 is 16.3 Å². The van der Waals surface area contributed by atoms with Crippen LogP contribution in [0.25, 0.3) is 0 Å². The Kier molecular flexibility index (Phi) is 19.1. The Bertz CT molecular complexity index is 606. The largest absolute Gasteiger partial charge is 0.397 e. The molecule has 0 aliphatic heterocycles. The third-order valence-electron chi connectivity index (χ3n) is 6.93. The lowest BCUT2D eigenvalue weighted by atomic mass is 9.81. The number of carbonyl (C=O) groups excluding carboxylic acids is 1. The second-order valence-electron chi connectivity index (χ2n) is 10.4. The van der Waals surface area contributed by atoms with Crippen LogP contribution in [-0.4, -0.2) is 30.5 Å². The molecule has 0 aromatic heterocycles. The van der Waals surface area contributed by atoms with Crippen LogP contribution < -0.4 is 5.32 Å². The molecule has 0 radical (unpaired) electrons. The summed E-state index contributed by atoms with van der Waals surface area (Å²) in [5.41, 5.74) is -1.11. The second-order valence-corrected chi connectivity index (χ2v) is 11.4. The molecule has 0 fully saturated rings. The highest BCUT2D eigenvalue weighted by atomic mass is 32.3. The monoisotopic (exact) mass is 505 g/mol. The van der Waals surface area contributed by atoms with Crippen LogP contribution in [0.1, 0.15) is 150 Å². The van der Waals surface area contributed by atoms with Crippen LogP contribution in [0.4, 0.5) is 0 Å². The highest BCUT2D eigenvalue weighted by Crippen LogP contribution is 2.30. The smallest absolute Gasteiger partial charge is 0.353 e. The molecule has 0 rings (SSSR count). The van der Waals surface area contributed by atoms with Gasteiger partial charge in [-0.25, -0.2) is 4.18 Å². The molecule has 0 saturated carbocycles. The average molecular weight is 506 g/mol. The molecule has 0 aromatic rings. The molecule has 6 nitrogen and oxygen atoms in total. The zero-order valence-corrected chi connectivity index (χ0v) is 23.7. The van der Waals surface area contributed by atoms with E-state index in [2.05, 4.69) is 12.2 Å². The van der Waals surface area contributed by atoms with Crippen LogP contribution in [0.2, 0.25) is 0 Å². The summed E-state index contributed by atoms with van der Waals surface area (Å²) in [6, 6.07) is -0.203. The van der Waals surface area contributed by atoms with Gasteiger partial charge in [0.25, 0.3) is 0 Å². The predicted molar refractivity (Wildman–Crippen MR) is 142 cm³/mol. The Labute approximate surface area is 211 Å². The number of rotatable bonds is 23. The topological polar surface area (TPSA) is 92.7 Å². The van der Waals surface area contributed by atoms with Gasteiger partial charge in [-0.1, -0.05) is 111 Å². The van der Waals surface area contributed by atoms with Gasteiger partial charge in [-0.2, -0.15) is 8.42 Å². The maximum Gasteiger partial charge on any atom is 0.397 e. The third kappa shape index (κ3) is 17.7. The van der Waals surface area contributed by atoms with Gasteiger partial charge in [-0.05, 0) is 33.1 Å². The van der Waals surface area contributed by atoms with Crippen molar-refractivity contribution in [3.63, 3.8) is 0 Å². The fourth-order valence-corrected chi connectivity index (χ4v) is 5.68. The lowest BCUT2D eigenvalue weighted by Crippen LogP contribution is -2.49. The van der Waals surface area contributed by atoms with Gasteiger partial charge >= 0.3 is 10.4 Å². The summed E-state index contributed by atoms with van der Waals surface area (Å²) in [6.45, 7) is 9.43. The third-order valence-corrected chi connectivity index (χ3v) is 7.57. The van der Waals surface area contributed by atoms with Crippen LogP contribution in [0.3, 0.4) is 0 Å². The Hall–Kier alpha value is -0.660. The average Bonchev–Trinajstić information content (AvgIpc) is 2.74. The minimum Gasteiger partial charge on any atom is -0.353 e. The molecule has 0 saturated heterocycles. The van der Waals surface area contributed by atoms with Crippen molar-refractivity contribution in [1.82, 2.24) is 5.32 Å². The van der Waals surface area contributed by atoms with Crippen molar-refractivity contribution < 1.29 is 21.9 Å². The van der Waals surface area contributed by atoms with Crippen molar-refractivity contribution in [3.05, 3.63) is 0 Å². The normalized spacial score (nSPS) is 14.2. The van der Waals surface area contributed by atoms with E-state index in [0.717, 1.165) is 12.8 Å². The van der Waals surface area contributed by atoms with Crippen LogP contribution in [0.5, 0.6) is 0 Å². The van der Waals surface area contributed by atoms with E-state index < -0.39 is 16.0 Å². The molecule has 0 aromatic carbocycles. The lowest BCUT2D eigenvalue weighted by Gasteiger charge is -2.37. The molecule has 2 unspecified atom stereocenters. The molecule has 7 heteroatoms. The molecule has 34 heavy (non-hydrogen) atoms. The van der Waals surface area contributed by atoms with Crippen molar-refractivity contribution in [2.75, 3.05) is 0 Å². The van der Waals surface area contributed by atoms with E-state index in [1.807, 2.05) is 13.8 Å². The number of unbranched alkanes of at least 4 members (excludes halogenated alkanes) is 14. The minimum atomic E-state index is -4.56. The van der Waals surface area contributed by atoms with E-state index in [1.165, 1.54) is 83.5 Å². The molecular weight excluding hydrogens is 450 g/mol. The maximum absolute atomic E-state index is 12.5. The first-order valence-electron chi connectivity index (χ1n) is 14.0. The number of carbonyl (C=O) groups is 1. The standard InChI is InChI=1S/C27H55NO5S/c1-6-9-10-11-12-13-14-15-16-17-18-19-20-21-22-23-26(29)28-25(8-3)24(7-2)27(4,5)33-34(30,31)32/h24-25H,6-23H2,1-5H3,(H,28,29)(H,30,31,32). The van der Waals surface area contributed by atoms with E-state index in [4.69, 9.17) is 8.74 Å². The van der Waals surface area contributed by atoms with Crippen molar-refractivity contribution in [2.24, 2.45) is 5.92 Å². The van der Waals surface area contributed by atoms with Gasteiger partial charge in [0.05, 0.1) is 5.60 Å². The molecule has 2 N–H and O–H groups in total. The highest BCUT2D eigenvalue weighted by molar-refractivity contribution is 7.80. The summed E-state index contributed by atoms with van der Waals surface area (Å²) in [6.07, 6.45) is 21.2. The first kappa shape index (κ1) is 33.3. The molecule has 0 aliphatic carbocycles. The second kappa shape index (κ2) is 19.5. The minimum absolute atomic E-state index is 0.00245. The summed E-state index contributed by atoms with van der Waals surface area (Å²) >= 11 is 0. The molecule has 0 bridgehead atoms. The van der Waals surface area contributed by atoms with E-state index in [9.17, 15) is 13.2 Å². The Balaban J connectivity index is 3.92. The number of hydrogen-bond donors (Lipinski definition) is 2. The first-order valence-corrected chi connectivity index (χ1v) is 15.4. The van der Waals surface area contributed by atoms with Crippen LogP contribution in [0.15, 0.2) is 0 Å². The Morgan fingerprint density at radius 1 is 0.765 bits per heavy atom. The van der Waals surface area contributed by atoms with Crippen molar-refractivity contribution in [2.45, 2.75) is 162 Å². The van der Waals surface area contributed by atoms with Crippen LogP contribution in [0, 0.1) is 5.92 Å². The Morgan fingerprint density at radius 2 is 1.18 bits per heavy atom. The SMILES string of the molecule is CCCCCCCCCCCCCCCCCC(=O)NC(CC)C(CC)C(C)(C)OS(=O)(=O)O. The lowest BCUT2D eigenvalue weighted by molar-refractivity contribution is -0.123. The van der Waals surface area contributed by atoms with Crippen LogP contribution >= 0.6 is 0 Å². The van der Waals surface area contributed by atoms with Gasteiger partial charge in [0.2, 0.25) is 5.91 Å². The molecular formula is C27H55NO5S. The fraction of sp³-hybridized carbons (Fsp3) is 0.963. The van der Waals surface area contributed by atoms with Gasteiger partial charge in [-0.3, -0.25) is 9.35 Å². The predicted octanol–water partition coefficient (Wildman–Crippen LogP) is 7.77. The summed E-state index contributed by atoms with van der Waals surface area (Å²) < 4.78 is 36.4. The zero-order chi connectivity index (χ0) is 25.9. The highest BCUT2D eigenvalue weighted by Gasteiger charge is 2.38. The number of nitrogens with one attached hydrogen (secondary N) is 1. The fourth-order valence-electron chi connectivity index (χ4n) is 5.02. The Morgan fingerprint density at radius 3 is 1.53 bits per heavy atom. The molecule has 2 atom stereocenters. The summed E-state index contributed by atoms with van der Waals surface area (Å²) in [5.74, 6) is -0.230. The van der Waals surface area contributed by atoms with Crippen LogP contribution in [-0.2, 0) is 19.4 Å². The van der Waals surface area contributed by atoms with Gasteiger partial charge in [0.1, 0.15) is 0 Å². The van der Waals surface area contributed by atoms with Gasteiger partial charge in [0.15, 0.2) is 0 Å². The van der Waals surface area contributed by atoms with Gasteiger partial charge in [-0.15, -0.1) is 0 Å². The van der Waals surface area contributed by atoms with E-state index in [-0.39, 0.29) is 17.9 Å². The number of hydrogen-bond acceptors (Lipinski definition) is 4. The maximum atomic E-state index is 12.5. The van der Waals surface area contributed by atoms with Crippen molar-refractivity contribution in [3.8, 4) is 0 Å². The molecule has 0 spiro atoms. The zero-order valence-electron chi connectivity index (χ0n) is 22.9. The van der Waals surface area contributed by atoms with Gasteiger partial charge < -0.3 is 5.32 Å².